The molecular weight excluding hydrogens is 232 g/mol. The van der Waals surface area contributed by atoms with Gasteiger partial charge in [-0.2, -0.15) is 0 Å². The number of carbonyl (C=O) groups excluding carboxylic acids is 1. The van der Waals surface area contributed by atoms with Crippen molar-refractivity contribution in [1.82, 2.24) is 30.4 Å². The van der Waals surface area contributed by atoms with Crippen LogP contribution in [0, 0.1) is 0 Å². The number of hydrogen-bond acceptors (Lipinski definition) is 6. The molecule has 89 valence electrons. The first-order valence-corrected chi connectivity index (χ1v) is 5.56. The number of tetrazole rings is 1. The zero-order chi connectivity index (χ0) is 12.0. The second-order valence-corrected chi connectivity index (χ2v) is 4.18. The van der Waals surface area contributed by atoms with Gasteiger partial charge in [0.15, 0.2) is 0 Å². The summed E-state index contributed by atoms with van der Waals surface area (Å²) in [7, 11) is 3.91. The zero-order valence-corrected chi connectivity index (χ0v) is 9.90. The third-order valence-electron chi connectivity index (χ3n) is 1.68. The molecule has 0 saturated heterocycles. The van der Waals surface area contributed by atoms with Crippen molar-refractivity contribution in [2.75, 3.05) is 26.5 Å². The molecule has 0 spiro atoms. The van der Waals surface area contributed by atoms with Gasteiger partial charge in [0.05, 0.1) is 12.4 Å². The number of hydrogen-bond donors (Lipinski definition) is 1. The first-order chi connectivity index (χ1) is 7.59. The molecule has 0 unspecified atom stereocenters. The predicted molar refractivity (Wildman–Crippen MR) is 56.3 cm³/mol. The highest BCUT2D eigenvalue weighted by atomic mass is 32.2. The van der Waals surface area contributed by atoms with Crippen LogP contribution in [-0.4, -0.2) is 57.7 Å². The van der Waals surface area contributed by atoms with E-state index in [-0.39, 0.29) is 5.88 Å². The van der Waals surface area contributed by atoms with Gasteiger partial charge < -0.3 is 10.2 Å². The van der Waals surface area contributed by atoms with E-state index in [4.69, 9.17) is 0 Å². The van der Waals surface area contributed by atoms with Crippen molar-refractivity contribution < 1.29 is 9.90 Å². The molecule has 0 aromatic carbocycles. The molecule has 1 heterocycles. The number of nitrogens with zero attached hydrogens (tertiary/aromatic N) is 5. The van der Waals surface area contributed by atoms with Crippen molar-refractivity contribution in [3.63, 3.8) is 0 Å². The van der Waals surface area contributed by atoms with Crippen LogP contribution in [0.15, 0.2) is 5.16 Å². The summed E-state index contributed by atoms with van der Waals surface area (Å²) in [5.74, 6) is 0.171. The molecule has 16 heavy (non-hydrogen) atoms. The summed E-state index contributed by atoms with van der Waals surface area (Å²) in [4.78, 5) is 12.1. The van der Waals surface area contributed by atoms with Crippen LogP contribution in [0.5, 0.6) is 0 Å². The minimum absolute atomic E-state index is 0.171. The monoisotopic (exact) mass is 245 g/mol. The minimum atomic E-state index is -1.31. The summed E-state index contributed by atoms with van der Waals surface area (Å²) in [5, 5.41) is 23.9. The Bertz CT molecular complexity index is 341. The maximum Gasteiger partial charge on any atom is 0.451 e. The van der Waals surface area contributed by atoms with Crippen molar-refractivity contribution in [3.8, 4) is 0 Å². The number of aromatic nitrogens is 4. The molecule has 9 heteroatoms. The molecule has 0 saturated carbocycles. The fourth-order valence-electron chi connectivity index (χ4n) is 0.894. The van der Waals surface area contributed by atoms with Crippen LogP contribution in [0.2, 0.25) is 0 Å². The molecule has 1 aromatic heterocycles. The van der Waals surface area contributed by atoms with Crippen LogP contribution in [0.1, 0.15) is 0 Å². The number of nitrogens with one attached hydrogen (secondary N) is 1. The molecule has 0 aliphatic carbocycles. The smallest absolute Gasteiger partial charge is 0.309 e. The third kappa shape index (κ3) is 4.45. The molecule has 0 fully saturated rings. The van der Waals surface area contributed by atoms with Gasteiger partial charge in [-0.15, -0.1) is 5.10 Å². The highest BCUT2D eigenvalue weighted by Gasteiger charge is 2.07. The van der Waals surface area contributed by atoms with E-state index in [0.717, 1.165) is 6.54 Å². The highest BCUT2D eigenvalue weighted by molar-refractivity contribution is 7.99. The van der Waals surface area contributed by atoms with Crippen LogP contribution < -0.4 is 5.32 Å². The maximum absolute atomic E-state index is 10.1. The van der Waals surface area contributed by atoms with Gasteiger partial charge in [0.2, 0.25) is 5.16 Å². The standard InChI is InChI=1S/C7H13N6O2S/c1-12(2)3-4-13-6(9-10-11-13)16-5-8-7(14)15/h8H,3-5H2,1-2H3. The third-order valence-corrected chi connectivity index (χ3v) is 2.52. The molecule has 0 aliphatic heterocycles. The number of rotatable bonds is 6. The molecule has 8 nitrogen and oxygen atoms in total. The lowest BCUT2D eigenvalue weighted by atomic mass is 10.6. The van der Waals surface area contributed by atoms with Gasteiger partial charge in [-0.25, -0.2) is 14.6 Å². The lowest BCUT2D eigenvalue weighted by molar-refractivity contribution is 0.170. The Balaban J connectivity index is 2.40. The normalized spacial score (nSPS) is 10.7. The lowest BCUT2D eigenvalue weighted by Gasteiger charge is -2.09. The van der Waals surface area contributed by atoms with Crippen LogP contribution >= 0.6 is 11.8 Å². The summed E-state index contributed by atoms with van der Waals surface area (Å²) in [6, 6.07) is 0. The molecule has 0 atom stereocenters. The Labute approximate surface area is 97.0 Å². The van der Waals surface area contributed by atoms with Crippen molar-refractivity contribution in [1.29, 1.82) is 0 Å². The van der Waals surface area contributed by atoms with Crippen LogP contribution in [-0.2, 0) is 11.7 Å². The predicted octanol–water partition coefficient (Wildman–Crippen LogP) is -0.576. The van der Waals surface area contributed by atoms with E-state index in [0.29, 0.717) is 11.7 Å². The molecule has 0 bridgehead atoms. The van der Waals surface area contributed by atoms with Crippen LogP contribution in [0.4, 0.5) is 4.79 Å². The van der Waals surface area contributed by atoms with Gasteiger partial charge in [0.25, 0.3) is 0 Å². The molecule has 0 aliphatic rings. The lowest BCUT2D eigenvalue weighted by Crippen LogP contribution is -2.21. The number of likely N-dealkylation sites (N-methyl/N-ethyl adjacent to an activating group) is 1. The Hall–Kier alpha value is -1.35. The largest absolute Gasteiger partial charge is 0.451 e. The van der Waals surface area contributed by atoms with E-state index in [9.17, 15) is 9.90 Å². The van der Waals surface area contributed by atoms with E-state index in [1.165, 1.54) is 11.8 Å². The van der Waals surface area contributed by atoms with E-state index >= 15 is 0 Å². The van der Waals surface area contributed by atoms with E-state index in [2.05, 4.69) is 20.8 Å². The Morgan fingerprint density at radius 3 is 2.94 bits per heavy atom. The number of carbonyl (C=O) groups is 1. The van der Waals surface area contributed by atoms with Crippen LogP contribution in [0.3, 0.4) is 0 Å². The van der Waals surface area contributed by atoms with Crippen molar-refractivity contribution >= 4 is 17.9 Å². The van der Waals surface area contributed by atoms with E-state index in [1.54, 1.807) is 4.68 Å². The van der Waals surface area contributed by atoms with Crippen molar-refractivity contribution in [2.45, 2.75) is 11.7 Å². The summed E-state index contributed by atoms with van der Waals surface area (Å²) >= 11 is 1.21. The molecule has 1 rings (SSSR count). The van der Waals surface area contributed by atoms with Crippen molar-refractivity contribution in [2.24, 2.45) is 0 Å². The molecule has 1 radical (unpaired) electrons. The van der Waals surface area contributed by atoms with Gasteiger partial charge in [-0.1, -0.05) is 11.8 Å². The summed E-state index contributed by atoms with van der Waals surface area (Å²) in [5.41, 5.74) is 0. The number of thioether (sulfide) groups is 1. The summed E-state index contributed by atoms with van der Waals surface area (Å²) in [6.45, 7) is 1.47. The van der Waals surface area contributed by atoms with Crippen LogP contribution in [0.25, 0.3) is 0 Å². The second-order valence-electron chi connectivity index (χ2n) is 3.24. The molecule has 1 N–H and O–H groups in total. The fraction of sp³-hybridized carbons (Fsp3) is 0.714. The van der Waals surface area contributed by atoms with Gasteiger partial charge in [-0.05, 0) is 24.5 Å². The molecular formula is C7H13N6O2S. The Morgan fingerprint density at radius 2 is 2.31 bits per heavy atom. The average molecular weight is 245 g/mol. The molecule has 1 amide bonds. The highest BCUT2D eigenvalue weighted by Crippen LogP contribution is 2.11. The quantitative estimate of drug-likeness (QED) is 0.532. The number of amides is 1. The summed E-state index contributed by atoms with van der Waals surface area (Å²) in [6.07, 6.45) is -1.31. The first kappa shape index (κ1) is 12.7. The van der Waals surface area contributed by atoms with Gasteiger partial charge in [-0.3, -0.25) is 0 Å². The topological polar surface area (TPSA) is 95.8 Å². The van der Waals surface area contributed by atoms with Gasteiger partial charge in [0, 0.05) is 6.54 Å². The van der Waals surface area contributed by atoms with E-state index < -0.39 is 6.09 Å². The van der Waals surface area contributed by atoms with E-state index in [1.807, 2.05) is 19.0 Å². The zero-order valence-electron chi connectivity index (χ0n) is 9.08. The van der Waals surface area contributed by atoms with Crippen molar-refractivity contribution in [3.05, 3.63) is 0 Å². The maximum atomic E-state index is 10.1. The minimum Gasteiger partial charge on any atom is -0.309 e. The SMILES string of the molecule is CN(C)CCn1nnnc1SCNC([O])=O. The first-order valence-electron chi connectivity index (χ1n) is 4.58. The second kappa shape index (κ2) is 6.28. The van der Waals surface area contributed by atoms with Gasteiger partial charge in [0.1, 0.15) is 0 Å². The Kier molecular flexibility index (Phi) is 4.99. The fourth-order valence-corrected chi connectivity index (χ4v) is 1.58. The summed E-state index contributed by atoms with van der Waals surface area (Å²) < 4.78 is 1.63. The average Bonchev–Trinajstić information content (AvgIpc) is 2.62. The van der Waals surface area contributed by atoms with Gasteiger partial charge >= 0.3 is 6.09 Å². The Morgan fingerprint density at radius 1 is 1.56 bits per heavy atom. The molecule has 1 aromatic rings.